The van der Waals surface area contributed by atoms with Crippen LogP contribution in [-0.2, 0) is 14.3 Å². The van der Waals surface area contributed by atoms with Crippen molar-refractivity contribution in [3.05, 3.63) is 36.4 Å². The summed E-state index contributed by atoms with van der Waals surface area (Å²) in [5.74, 6) is 0.925. The molecular formula is C20H21NO8. The van der Waals surface area contributed by atoms with Crippen molar-refractivity contribution < 1.29 is 38.0 Å². The van der Waals surface area contributed by atoms with E-state index in [9.17, 15) is 9.59 Å². The number of rotatable bonds is 7. The summed E-state index contributed by atoms with van der Waals surface area (Å²) in [4.78, 5) is 24.4. The Balaban J connectivity index is 1.57. The van der Waals surface area contributed by atoms with Gasteiger partial charge in [0.1, 0.15) is 6.61 Å². The molecule has 1 N–H and O–H groups in total. The molecule has 0 aliphatic carbocycles. The highest BCUT2D eigenvalue weighted by Crippen LogP contribution is 2.39. The predicted octanol–water partition coefficient (Wildman–Crippen LogP) is 2.03. The summed E-state index contributed by atoms with van der Waals surface area (Å²) in [5.41, 5.74) is 0.395. The van der Waals surface area contributed by atoms with Gasteiger partial charge in [0.05, 0.1) is 21.3 Å². The fourth-order valence-electron chi connectivity index (χ4n) is 2.72. The lowest BCUT2D eigenvalue weighted by molar-refractivity contribution is -0.156. The second kappa shape index (κ2) is 9.05. The van der Waals surface area contributed by atoms with Crippen LogP contribution >= 0.6 is 0 Å². The van der Waals surface area contributed by atoms with Gasteiger partial charge >= 0.3 is 5.97 Å². The van der Waals surface area contributed by atoms with Gasteiger partial charge in [-0.25, -0.2) is 4.79 Å². The zero-order valence-corrected chi connectivity index (χ0v) is 16.2. The van der Waals surface area contributed by atoms with Crippen LogP contribution in [0.25, 0.3) is 0 Å². The van der Waals surface area contributed by atoms with Gasteiger partial charge in [-0.2, -0.15) is 0 Å². The lowest BCUT2D eigenvalue weighted by Crippen LogP contribution is -2.39. The molecule has 0 unspecified atom stereocenters. The molecule has 29 heavy (non-hydrogen) atoms. The third kappa shape index (κ3) is 4.63. The lowest BCUT2D eigenvalue weighted by atomic mass is 10.2. The van der Waals surface area contributed by atoms with Gasteiger partial charge in [-0.1, -0.05) is 12.1 Å². The maximum atomic E-state index is 12.2. The molecule has 0 saturated carbocycles. The fourth-order valence-corrected chi connectivity index (χ4v) is 2.72. The van der Waals surface area contributed by atoms with Crippen LogP contribution in [-0.4, -0.2) is 52.5 Å². The average Bonchev–Trinajstić information content (AvgIpc) is 2.76. The van der Waals surface area contributed by atoms with Gasteiger partial charge in [0.15, 0.2) is 29.6 Å². The first-order chi connectivity index (χ1) is 14.0. The highest BCUT2D eigenvalue weighted by atomic mass is 16.6. The molecule has 1 amide bonds. The van der Waals surface area contributed by atoms with Crippen molar-refractivity contribution in [1.82, 2.24) is 0 Å². The lowest BCUT2D eigenvalue weighted by Gasteiger charge is -2.24. The summed E-state index contributed by atoms with van der Waals surface area (Å²) in [6.07, 6.45) is -0.945. The van der Waals surface area contributed by atoms with Crippen molar-refractivity contribution in [3.8, 4) is 28.7 Å². The number of hydrogen-bond donors (Lipinski definition) is 1. The molecule has 2 aromatic rings. The van der Waals surface area contributed by atoms with Crippen LogP contribution in [0.3, 0.4) is 0 Å². The highest BCUT2D eigenvalue weighted by molar-refractivity contribution is 5.93. The van der Waals surface area contributed by atoms with Crippen LogP contribution in [0, 0.1) is 0 Å². The van der Waals surface area contributed by atoms with Crippen molar-refractivity contribution >= 4 is 17.6 Å². The van der Waals surface area contributed by atoms with E-state index in [4.69, 9.17) is 28.4 Å². The second-order valence-corrected chi connectivity index (χ2v) is 5.93. The summed E-state index contributed by atoms with van der Waals surface area (Å²) in [5, 5.41) is 2.61. The SMILES string of the molecule is COc1cc(NC(=O)COC(=O)[C@@H]2COc3ccccc3O2)cc(OC)c1OC. The molecule has 3 rings (SSSR count). The van der Waals surface area contributed by atoms with E-state index in [1.54, 1.807) is 36.4 Å². The number of esters is 1. The smallest absolute Gasteiger partial charge is 0.351 e. The number of methoxy groups -OCH3 is 3. The number of anilines is 1. The van der Waals surface area contributed by atoms with Crippen molar-refractivity contribution in [2.75, 3.05) is 39.9 Å². The zero-order chi connectivity index (χ0) is 20.8. The molecule has 1 aliphatic heterocycles. The molecular weight excluding hydrogens is 382 g/mol. The summed E-state index contributed by atoms with van der Waals surface area (Å²) in [6.45, 7) is -0.485. The average molecular weight is 403 g/mol. The number of carbonyl (C=O) groups is 2. The van der Waals surface area contributed by atoms with Gasteiger partial charge in [-0.15, -0.1) is 0 Å². The van der Waals surface area contributed by atoms with Crippen molar-refractivity contribution in [2.24, 2.45) is 0 Å². The first-order valence-corrected chi connectivity index (χ1v) is 8.70. The second-order valence-electron chi connectivity index (χ2n) is 5.93. The molecule has 9 heteroatoms. The van der Waals surface area contributed by atoms with E-state index in [1.807, 2.05) is 0 Å². The van der Waals surface area contributed by atoms with Gasteiger partial charge in [0, 0.05) is 17.8 Å². The van der Waals surface area contributed by atoms with E-state index in [1.165, 1.54) is 21.3 Å². The highest BCUT2D eigenvalue weighted by Gasteiger charge is 2.29. The number of ether oxygens (including phenoxy) is 6. The van der Waals surface area contributed by atoms with E-state index in [-0.39, 0.29) is 6.61 Å². The third-order valence-electron chi connectivity index (χ3n) is 4.07. The summed E-state index contributed by atoms with van der Waals surface area (Å²) in [6, 6.07) is 10.1. The maximum absolute atomic E-state index is 12.2. The Morgan fingerprint density at radius 2 is 1.69 bits per heavy atom. The van der Waals surface area contributed by atoms with Gasteiger partial charge in [-0.05, 0) is 12.1 Å². The van der Waals surface area contributed by atoms with Crippen LogP contribution in [0.4, 0.5) is 5.69 Å². The van der Waals surface area contributed by atoms with Crippen molar-refractivity contribution in [1.29, 1.82) is 0 Å². The summed E-state index contributed by atoms with van der Waals surface area (Å²) < 4.78 is 31.8. The summed E-state index contributed by atoms with van der Waals surface area (Å²) in [7, 11) is 4.41. The predicted molar refractivity (Wildman–Crippen MR) is 102 cm³/mol. The number of fused-ring (bicyclic) bond motifs is 1. The molecule has 1 atom stereocenters. The molecule has 154 valence electrons. The largest absolute Gasteiger partial charge is 0.493 e. The minimum absolute atomic E-state index is 0.00431. The Morgan fingerprint density at radius 3 is 2.31 bits per heavy atom. The molecule has 0 bridgehead atoms. The van der Waals surface area contributed by atoms with Gasteiger partial charge in [0.25, 0.3) is 5.91 Å². The first-order valence-electron chi connectivity index (χ1n) is 8.70. The van der Waals surface area contributed by atoms with E-state index < -0.39 is 24.6 Å². The van der Waals surface area contributed by atoms with Crippen molar-refractivity contribution in [2.45, 2.75) is 6.10 Å². The van der Waals surface area contributed by atoms with E-state index in [0.29, 0.717) is 34.4 Å². The number of nitrogens with one attached hydrogen (secondary N) is 1. The molecule has 1 heterocycles. The van der Waals surface area contributed by atoms with Crippen molar-refractivity contribution in [3.63, 3.8) is 0 Å². The molecule has 0 spiro atoms. The molecule has 0 radical (unpaired) electrons. The normalized spacial score (nSPS) is 14.5. The Bertz CT molecular complexity index is 873. The van der Waals surface area contributed by atoms with Crippen LogP contribution in [0.2, 0.25) is 0 Å². The van der Waals surface area contributed by atoms with E-state index in [0.717, 1.165) is 0 Å². The number of benzene rings is 2. The van der Waals surface area contributed by atoms with Crippen LogP contribution < -0.4 is 29.0 Å². The van der Waals surface area contributed by atoms with Gasteiger partial charge in [0.2, 0.25) is 11.9 Å². The van der Waals surface area contributed by atoms with Crippen LogP contribution in [0.5, 0.6) is 28.7 Å². The topological polar surface area (TPSA) is 102 Å². The monoisotopic (exact) mass is 403 g/mol. The third-order valence-corrected chi connectivity index (χ3v) is 4.07. The minimum atomic E-state index is -0.945. The molecule has 0 aromatic heterocycles. The number of para-hydroxylation sites is 2. The van der Waals surface area contributed by atoms with Gasteiger partial charge in [-0.3, -0.25) is 4.79 Å². The Labute approximate surface area is 167 Å². The molecule has 0 saturated heterocycles. The Hall–Kier alpha value is -3.62. The van der Waals surface area contributed by atoms with Crippen LogP contribution in [0.1, 0.15) is 0 Å². The molecule has 2 aromatic carbocycles. The van der Waals surface area contributed by atoms with E-state index >= 15 is 0 Å². The number of amides is 1. The van der Waals surface area contributed by atoms with E-state index in [2.05, 4.69) is 5.32 Å². The summed E-state index contributed by atoms with van der Waals surface area (Å²) >= 11 is 0. The number of carbonyl (C=O) groups excluding carboxylic acids is 2. The standard InChI is InChI=1S/C20H21NO8/c1-24-15-8-12(9-16(25-2)19(15)26-3)21-18(22)11-28-20(23)17-10-27-13-6-4-5-7-14(13)29-17/h4-9,17H,10-11H2,1-3H3,(H,21,22)/t17-/m0/s1. The van der Waals surface area contributed by atoms with Gasteiger partial charge < -0.3 is 33.7 Å². The first kappa shape index (κ1) is 20.1. The molecule has 0 fully saturated rings. The minimum Gasteiger partial charge on any atom is -0.493 e. The van der Waals surface area contributed by atoms with Crippen LogP contribution in [0.15, 0.2) is 36.4 Å². The Morgan fingerprint density at radius 1 is 1.03 bits per heavy atom. The quantitative estimate of drug-likeness (QED) is 0.701. The Kier molecular flexibility index (Phi) is 6.28. The molecule has 9 nitrogen and oxygen atoms in total. The molecule has 1 aliphatic rings. The fraction of sp³-hybridized carbons (Fsp3) is 0.300. The maximum Gasteiger partial charge on any atom is 0.351 e. The number of hydrogen-bond acceptors (Lipinski definition) is 8. The zero-order valence-electron chi connectivity index (χ0n) is 16.2.